The lowest BCUT2D eigenvalue weighted by Gasteiger charge is -2.06. The van der Waals surface area contributed by atoms with Crippen molar-refractivity contribution < 1.29 is 4.79 Å². The molecule has 0 saturated carbocycles. The van der Waals surface area contributed by atoms with Crippen LogP contribution in [0, 0.1) is 0 Å². The Morgan fingerprint density at radius 2 is 1.90 bits per heavy atom. The van der Waals surface area contributed by atoms with Gasteiger partial charge >= 0.3 is 0 Å². The Balaban J connectivity index is 1.37. The van der Waals surface area contributed by atoms with Gasteiger partial charge in [-0.05, 0) is 23.8 Å². The molecule has 0 aliphatic rings. The molecule has 0 fully saturated rings. The molecule has 2 aromatic carbocycles. The van der Waals surface area contributed by atoms with E-state index in [0.717, 1.165) is 10.4 Å². The van der Waals surface area contributed by atoms with Gasteiger partial charge in [-0.2, -0.15) is 0 Å². The Hall–Kier alpha value is -3.03. The van der Waals surface area contributed by atoms with Crippen molar-refractivity contribution in [1.29, 1.82) is 0 Å². The van der Waals surface area contributed by atoms with Gasteiger partial charge in [0.05, 0.1) is 17.2 Å². The molecule has 146 valence electrons. The third-order valence-electron chi connectivity index (χ3n) is 4.43. The lowest BCUT2D eigenvalue weighted by Crippen LogP contribution is -2.23. The van der Waals surface area contributed by atoms with Gasteiger partial charge in [-0.1, -0.05) is 41.9 Å². The molecule has 0 spiro atoms. The number of benzene rings is 2. The molecule has 2 aromatic heterocycles. The molecule has 1 N–H and O–H groups in total. The first-order valence-electron chi connectivity index (χ1n) is 9.02. The van der Waals surface area contributed by atoms with Gasteiger partial charge in [-0.15, -0.1) is 11.3 Å². The zero-order chi connectivity index (χ0) is 20.2. The van der Waals surface area contributed by atoms with E-state index >= 15 is 0 Å². The highest BCUT2D eigenvalue weighted by Crippen LogP contribution is 2.24. The van der Waals surface area contributed by atoms with Crippen molar-refractivity contribution in [3.63, 3.8) is 0 Å². The molecule has 0 aliphatic heterocycles. The fourth-order valence-corrected chi connectivity index (χ4v) is 4.00. The van der Waals surface area contributed by atoms with Gasteiger partial charge in [0.25, 0.3) is 5.56 Å². The topological polar surface area (TPSA) is 76.9 Å². The summed E-state index contributed by atoms with van der Waals surface area (Å²) >= 11 is 7.60. The zero-order valence-electron chi connectivity index (χ0n) is 15.3. The van der Waals surface area contributed by atoms with E-state index in [-0.39, 0.29) is 24.4 Å². The van der Waals surface area contributed by atoms with Crippen molar-refractivity contribution in [2.45, 2.75) is 19.4 Å². The van der Waals surface area contributed by atoms with E-state index in [0.29, 0.717) is 27.5 Å². The molecule has 0 aliphatic carbocycles. The number of nitrogens with zero attached hydrogens (tertiary/aromatic N) is 3. The molecule has 0 unspecified atom stereocenters. The second kappa shape index (κ2) is 8.55. The summed E-state index contributed by atoms with van der Waals surface area (Å²) in [6.45, 7) is 0.250. The van der Waals surface area contributed by atoms with Gasteiger partial charge in [0, 0.05) is 35.5 Å². The van der Waals surface area contributed by atoms with Crippen LogP contribution in [-0.2, 0) is 17.8 Å². The van der Waals surface area contributed by atoms with E-state index in [1.165, 1.54) is 22.2 Å². The molecule has 0 bridgehead atoms. The van der Waals surface area contributed by atoms with Crippen LogP contribution in [0.1, 0.15) is 16.9 Å². The van der Waals surface area contributed by atoms with E-state index in [1.54, 1.807) is 24.4 Å². The average Bonchev–Trinajstić information content (AvgIpc) is 3.16. The normalized spacial score (nSPS) is 10.9. The summed E-state index contributed by atoms with van der Waals surface area (Å²) in [7, 11) is 0. The molecule has 6 nitrogen and oxygen atoms in total. The molecule has 0 saturated heterocycles. The van der Waals surface area contributed by atoms with Crippen molar-refractivity contribution >= 4 is 44.9 Å². The molecule has 4 aromatic rings. The predicted molar refractivity (Wildman–Crippen MR) is 116 cm³/mol. The third-order valence-corrected chi connectivity index (χ3v) is 5.72. The van der Waals surface area contributed by atoms with Crippen LogP contribution in [0.5, 0.6) is 0 Å². The number of rotatable bonds is 6. The number of hydrogen-bond acceptors (Lipinski definition) is 5. The highest BCUT2D eigenvalue weighted by molar-refractivity contribution is 7.15. The number of thiazole rings is 1. The number of aryl methyl sites for hydroxylation is 1. The highest BCUT2D eigenvalue weighted by Gasteiger charge is 2.10. The van der Waals surface area contributed by atoms with Crippen LogP contribution < -0.4 is 10.9 Å². The van der Waals surface area contributed by atoms with Gasteiger partial charge in [0.2, 0.25) is 5.91 Å². The van der Waals surface area contributed by atoms with Crippen LogP contribution in [0.2, 0.25) is 5.02 Å². The maximum absolute atomic E-state index is 12.5. The standard InChI is InChI=1S/C21H17ClN4O2S/c22-17-7-3-1-5-14(17)11-15-12-23-21(29-15)25-19(27)9-10-26-13-24-18-8-4-2-6-16(18)20(26)28/h1-8,12-13H,9-11H2,(H,23,25,27). The minimum Gasteiger partial charge on any atom is -0.302 e. The minimum atomic E-state index is -0.205. The maximum atomic E-state index is 12.5. The van der Waals surface area contributed by atoms with E-state index in [1.807, 2.05) is 30.3 Å². The fraction of sp³-hybridized carbons (Fsp3) is 0.143. The monoisotopic (exact) mass is 424 g/mol. The second-order valence-electron chi connectivity index (χ2n) is 6.46. The number of halogens is 1. The molecule has 0 atom stereocenters. The first-order chi connectivity index (χ1) is 14.1. The number of hydrogen-bond donors (Lipinski definition) is 1. The van der Waals surface area contributed by atoms with Crippen molar-refractivity contribution in [3.8, 4) is 0 Å². The van der Waals surface area contributed by atoms with Crippen LogP contribution in [0.25, 0.3) is 10.9 Å². The van der Waals surface area contributed by atoms with Crippen LogP contribution in [0.3, 0.4) is 0 Å². The number of para-hydroxylation sites is 1. The summed E-state index contributed by atoms with van der Waals surface area (Å²) in [6.07, 6.45) is 4.02. The lowest BCUT2D eigenvalue weighted by molar-refractivity contribution is -0.116. The number of aromatic nitrogens is 3. The summed E-state index contributed by atoms with van der Waals surface area (Å²) < 4.78 is 1.45. The number of nitrogens with one attached hydrogen (secondary N) is 1. The fourth-order valence-electron chi connectivity index (χ4n) is 2.95. The highest BCUT2D eigenvalue weighted by atomic mass is 35.5. The van der Waals surface area contributed by atoms with Crippen LogP contribution in [0.15, 0.2) is 65.8 Å². The van der Waals surface area contributed by atoms with E-state index in [4.69, 9.17) is 11.6 Å². The van der Waals surface area contributed by atoms with Crippen molar-refractivity contribution in [2.75, 3.05) is 5.32 Å². The second-order valence-corrected chi connectivity index (χ2v) is 7.98. The predicted octanol–water partition coefficient (Wildman–Crippen LogP) is 4.13. The first-order valence-corrected chi connectivity index (χ1v) is 10.2. The van der Waals surface area contributed by atoms with Crippen LogP contribution >= 0.6 is 22.9 Å². The molecular weight excluding hydrogens is 408 g/mol. The molecule has 4 rings (SSSR count). The largest absolute Gasteiger partial charge is 0.302 e. The van der Waals surface area contributed by atoms with Crippen molar-refractivity contribution in [1.82, 2.24) is 14.5 Å². The van der Waals surface area contributed by atoms with Gasteiger partial charge in [-0.25, -0.2) is 9.97 Å². The van der Waals surface area contributed by atoms with Crippen LogP contribution in [0.4, 0.5) is 5.13 Å². The molecule has 1 amide bonds. The van der Waals surface area contributed by atoms with Crippen LogP contribution in [-0.4, -0.2) is 20.4 Å². The van der Waals surface area contributed by atoms with E-state index in [2.05, 4.69) is 15.3 Å². The number of anilines is 1. The Morgan fingerprint density at radius 1 is 1.10 bits per heavy atom. The van der Waals surface area contributed by atoms with Gasteiger partial charge in [0.1, 0.15) is 0 Å². The zero-order valence-corrected chi connectivity index (χ0v) is 16.9. The van der Waals surface area contributed by atoms with Gasteiger partial charge in [0.15, 0.2) is 5.13 Å². The van der Waals surface area contributed by atoms with Gasteiger partial charge in [-0.3, -0.25) is 14.2 Å². The van der Waals surface area contributed by atoms with Crippen molar-refractivity contribution in [3.05, 3.63) is 86.9 Å². The van der Waals surface area contributed by atoms with E-state index in [9.17, 15) is 9.59 Å². The summed E-state index contributed by atoms with van der Waals surface area (Å²) in [5, 5.41) is 4.57. The quantitative estimate of drug-likeness (QED) is 0.505. The Morgan fingerprint density at radius 3 is 2.76 bits per heavy atom. The Kier molecular flexibility index (Phi) is 5.69. The summed E-state index contributed by atoms with van der Waals surface area (Å²) in [4.78, 5) is 34.3. The van der Waals surface area contributed by atoms with E-state index < -0.39 is 0 Å². The molecule has 2 heterocycles. The van der Waals surface area contributed by atoms with Crippen molar-refractivity contribution in [2.24, 2.45) is 0 Å². The molecule has 0 radical (unpaired) electrons. The van der Waals surface area contributed by atoms with Gasteiger partial charge < -0.3 is 5.32 Å². The number of carbonyl (C=O) groups is 1. The lowest BCUT2D eigenvalue weighted by atomic mass is 10.1. The molecular formula is C21H17ClN4O2S. The molecule has 8 heteroatoms. The number of fused-ring (bicyclic) bond motifs is 1. The Labute approximate surface area is 175 Å². The number of carbonyl (C=O) groups excluding carboxylic acids is 1. The Bertz CT molecular complexity index is 1230. The SMILES string of the molecule is O=C(CCn1cnc2ccccc2c1=O)Nc1ncc(Cc2ccccc2Cl)s1. The first kappa shape index (κ1) is 19.3. The maximum Gasteiger partial charge on any atom is 0.261 e. The average molecular weight is 425 g/mol. The smallest absolute Gasteiger partial charge is 0.261 e. The summed E-state index contributed by atoms with van der Waals surface area (Å²) in [5.74, 6) is -0.205. The number of amides is 1. The molecule has 29 heavy (non-hydrogen) atoms. The minimum absolute atomic E-state index is 0.152. The summed E-state index contributed by atoms with van der Waals surface area (Å²) in [6, 6.07) is 14.8. The third kappa shape index (κ3) is 4.52. The summed E-state index contributed by atoms with van der Waals surface area (Å²) in [5.41, 5.74) is 1.51.